The second-order valence-electron chi connectivity index (χ2n) is 2.64. The number of carbonyl (C=O) groups is 1. The summed E-state index contributed by atoms with van der Waals surface area (Å²) in [5.41, 5.74) is -1.05. The number of aromatic carboxylic acids is 1. The molecule has 0 aliphatic heterocycles. The van der Waals surface area contributed by atoms with Crippen LogP contribution in [0.3, 0.4) is 0 Å². The Morgan fingerprint density at radius 1 is 1.57 bits per heavy atom. The molecule has 0 atom stereocenters. The molecule has 4 nitrogen and oxygen atoms in total. The molecule has 0 bridgehead atoms. The molecule has 6 heteroatoms. The summed E-state index contributed by atoms with van der Waals surface area (Å²) in [4.78, 5) is 23.4. The zero-order chi connectivity index (χ0) is 10.7. The summed E-state index contributed by atoms with van der Waals surface area (Å²) in [6.45, 7) is 0. The van der Waals surface area contributed by atoms with Crippen LogP contribution in [0.25, 0.3) is 0 Å². The lowest BCUT2D eigenvalue weighted by Gasteiger charge is -2.03. The molecular weight excluding hydrogens is 196 g/mol. The minimum absolute atomic E-state index is 0.156. The molecule has 1 heterocycles. The van der Waals surface area contributed by atoms with Gasteiger partial charge in [-0.1, -0.05) is 0 Å². The Kier molecular flexibility index (Phi) is 2.95. The standard InChI is InChI=1S/C8H7F2NO3/c9-6(10)1-4-2-7(12)11-3-5(4)8(13)14/h2-3,6H,1H2,(H,11,12)(H,13,14). The summed E-state index contributed by atoms with van der Waals surface area (Å²) >= 11 is 0. The molecule has 0 spiro atoms. The number of aromatic nitrogens is 1. The van der Waals surface area contributed by atoms with Crippen molar-refractivity contribution in [3.8, 4) is 0 Å². The van der Waals surface area contributed by atoms with E-state index in [1.54, 1.807) is 0 Å². The third-order valence-corrected chi connectivity index (χ3v) is 1.61. The van der Waals surface area contributed by atoms with Crippen molar-refractivity contribution >= 4 is 5.97 Å². The Labute approximate surface area is 77.2 Å². The number of alkyl halides is 2. The first-order valence-corrected chi connectivity index (χ1v) is 3.73. The highest BCUT2D eigenvalue weighted by Gasteiger charge is 2.14. The van der Waals surface area contributed by atoms with E-state index < -0.39 is 24.4 Å². The summed E-state index contributed by atoms with van der Waals surface area (Å²) in [6, 6.07) is 0.871. The van der Waals surface area contributed by atoms with Crippen molar-refractivity contribution in [2.45, 2.75) is 12.8 Å². The largest absolute Gasteiger partial charge is 0.478 e. The quantitative estimate of drug-likeness (QED) is 0.766. The molecule has 0 saturated heterocycles. The number of aromatic amines is 1. The van der Waals surface area contributed by atoms with Crippen LogP contribution in [0.5, 0.6) is 0 Å². The van der Waals surface area contributed by atoms with Crippen molar-refractivity contribution in [1.82, 2.24) is 4.98 Å². The molecule has 0 amide bonds. The van der Waals surface area contributed by atoms with Crippen molar-refractivity contribution in [3.05, 3.63) is 33.7 Å². The highest BCUT2D eigenvalue weighted by atomic mass is 19.3. The Morgan fingerprint density at radius 3 is 2.71 bits per heavy atom. The fourth-order valence-electron chi connectivity index (χ4n) is 1.05. The SMILES string of the molecule is O=C(O)c1c[nH]c(=O)cc1CC(F)F. The van der Waals surface area contributed by atoms with Gasteiger partial charge in [0.15, 0.2) is 0 Å². The van der Waals surface area contributed by atoms with Gasteiger partial charge in [0.05, 0.1) is 5.56 Å². The molecule has 0 aliphatic carbocycles. The van der Waals surface area contributed by atoms with Gasteiger partial charge in [0, 0.05) is 18.7 Å². The first-order valence-electron chi connectivity index (χ1n) is 3.73. The van der Waals surface area contributed by atoms with Gasteiger partial charge in [-0.05, 0) is 5.56 Å². The van der Waals surface area contributed by atoms with Crippen molar-refractivity contribution in [1.29, 1.82) is 0 Å². The number of halogens is 2. The van der Waals surface area contributed by atoms with Crippen molar-refractivity contribution in [2.24, 2.45) is 0 Å². The number of pyridine rings is 1. The van der Waals surface area contributed by atoms with Gasteiger partial charge in [0.25, 0.3) is 0 Å². The van der Waals surface area contributed by atoms with E-state index in [-0.39, 0.29) is 11.1 Å². The lowest BCUT2D eigenvalue weighted by atomic mass is 10.1. The molecule has 0 saturated carbocycles. The van der Waals surface area contributed by atoms with Gasteiger partial charge in [0.2, 0.25) is 12.0 Å². The van der Waals surface area contributed by atoms with Crippen LogP contribution in [-0.4, -0.2) is 22.5 Å². The van der Waals surface area contributed by atoms with Gasteiger partial charge in [-0.3, -0.25) is 4.79 Å². The van der Waals surface area contributed by atoms with Crippen LogP contribution < -0.4 is 5.56 Å². The first-order chi connectivity index (χ1) is 6.50. The monoisotopic (exact) mass is 203 g/mol. The third-order valence-electron chi connectivity index (χ3n) is 1.61. The maximum absolute atomic E-state index is 12.0. The van der Waals surface area contributed by atoms with E-state index in [1.807, 2.05) is 0 Å². The van der Waals surface area contributed by atoms with E-state index in [4.69, 9.17) is 5.11 Å². The predicted octanol–water partition coefficient (Wildman–Crippen LogP) is 0.881. The molecule has 0 unspecified atom stereocenters. The Balaban J connectivity index is 3.16. The molecule has 0 fully saturated rings. The van der Waals surface area contributed by atoms with E-state index in [1.165, 1.54) is 0 Å². The van der Waals surface area contributed by atoms with Crippen LogP contribution in [0.4, 0.5) is 8.78 Å². The maximum atomic E-state index is 12.0. The van der Waals surface area contributed by atoms with Crippen LogP contribution >= 0.6 is 0 Å². The van der Waals surface area contributed by atoms with E-state index in [0.29, 0.717) is 0 Å². The topological polar surface area (TPSA) is 70.2 Å². The molecule has 0 aromatic carbocycles. The molecule has 0 aliphatic rings. The fraction of sp³-hybridized carbons (Fsp3) is 0.250. The average Bonchev–Trinajstić information content (AvgIpc) is 2.01. The molecule has 1 rings (SSSR count). The van der Waals surface area contributed by atoms with Crippen LogP contribution in [0.1, 0.15) is 15.9 Å². The molecule has 76 valence electrons. The molecule has 14 heavy (non-hydrogen) atoms. The lowest BCUT2D eigenvalue weighted by molar-refractivity contribution is 0.0694. The van der Waals surface area contributed by atoms with E-state index in [2.05, 4.69) is 4.98 Å². The minimum atomic E-state index is -2.67. The summed E-state index contributed by atoms with van der Waals surface area (Å²) in [6.07, 6.45) is -2.48. The third kappa shape index (κ3) is 2.38. The molecule has 1 aromatic rings. The van der Waals surface area contributed by atoms with Crippen LogP contribution in [0, 0.1) is 0 Å². The molecule has 0 radical (unpaired) electrons. The predicted molar refractivity (Wildman–Crippen MR) is 43.7 cm³/mol. The van der Waals surface area contributed by atoms with Gasteiger partial charge in [-0.15, -0.1) is 0 Å². The number of rotatable bonds is 3. The zero-order valence-corrected chi connectivity index (χ0v) is 6.96. The van der Waals surface area contributed by atoms with Crippen molar-refractivity contribution in [2.75, 3.05) is 0 Å². The van der Waals surface area contributed by atoms with E-state index in [0.717, 1.165) is 12.3 Å². The summed E-state index contributed by atoms with van der Waals surface area (Å²) < 4.78 is 24.0. The highest BCUT2D eigenvalue weighted by molar-refractivity contribution is 5.88. The highest BCUT2D eigenvalue weighted by Crippen LogP contribution is 2.10. The molecule has 1 aromatic heterocycles. The number of hydrogen-bond acceptors (Lipinski definition) is 2. The number of carboxylic acid groups (broad SMARTS) is 1. The van der Waals surface area contributed by atoms with Crippen LogP contribution in [0.15, 0.2) is 17.1 Å². The van der Waals surface area contributed by atoms with Crippen LogP contribution in [0.2, 0.25) is 0 Å². The van der Waals surface area contributed by atoms with Gasteiger partial charge in [-0.25, -0.2) is 13.6 Å². The number of carboxylic acids is 1. The fourth-order valence-corrected chi connectivity index (χ4v) is 1.05. The molecule has 2 N–H and O–H groups in total. The van der Waals surface area contributed by atoms with E-state index >= 15 is 0 Å². The van der Waals surface area contributed by atoms with Gasteiger partial charge in [0.1, 0.15) is 0 Å². The Morgan fingerprint density at radius 2 is 2.21 bits per heavy atom. The summed E-state index contributed by atoms with van der Waals surface area (Å²) in [5, 5.41) is 8.60. The molecular formula is C8H7F2NO3. The number of hydrogen-bond donors (Lipinski definition) is 2. The smallest absolute Gasteiger partial charge is 0.337 e. The van der Waals surface area contributed by atoms with Gasteiger partial charge >= 0.3 is 5.97 Å². The number of H-pyrrole nitrogens is 1. The van der Waals surface area contributed by atoms with Crippen molar-refractivity contribution < 1.29 is 18.7 Å². The van der Waals surface area contributed by atoms with Crippen molar-refractivity contribution in [3.63, 3.8) is 0 Å². The second-order valence-corrected chi connectivity index (χ2v) is 2.64. The maximum Gasteiger partial charge on any atom is 0.337 e. The lowest BCUT2D eigenvalue weighted by Crippen LogP contribution is -2.13. The first kappa shape index (κ1) is 10.4. The minimum Gasteiger partial charge on any atom is -0.478 e. The Bertz CT molecular complexity index is 400. The Hall–Kier alpha value is -1.72. The van der Waals surface area contributed by atoms with Gasteiger partial charge < -0.3 is 10.1 Å². The normalized spacial score (nSPS) is 10.5. The van der Waals surface area contributed by atoms with Gasteiger partial charge in [-0.2, -0.15) is 0 Å². The zero-order valence-electron chi connectivity index (χ0n) is 6.96. The van der Waals surface area contributed by atoms with Crippen LogP contribution in [-0.2, 0) is 6.42 Å². The van der Waals surface area contributed by atoms with E-state index in [9.17, 15) is 18.4 Å². The summed E-state index contributed by atoms with van der Waals surface area (Å²) in [5.74, 6) is -1.34. The average molecular weight is 203 g/mol. The number of nitrogens with one attached hydrogen (secondary N) is 1. The second kappa shape index (κ2) is 3.99. The summed E-state index contributed by atoms with van der Waals surface area (Å²) in [7, 11) is 0.